The van der Waals surface area contributed by atoms with E-state index in [1.54, 1.807) is 24.3 Å². The number of benzene rings is 1. The van der Waals surface area contributed by atoms with Crippen molar-refractivity contribution in [2.24, 2.45) is 11.7 Å². The van der Waals surface area contributed by atoms with Crippen molar-refractivity contribution in [2.45, 2.75) is 26.7 Å². The van der Waals surface area contributed by atoms with E-state index in [1.165, 1.54) is 6.92 Å². The summed E-state index contributed by atoms with van der Waals surface area (Å²) in [6.07, 6.45) is 1.43. The predicted molar refractivity (Wildman–Crippen MR) is 72.5 cm³/mol. The number of hydrogen-bond donors (Lipinski definition) is 2. The van der Waals surface area contributed by atoms with E-state index >= 15 is 0 Å². The molecule has 1 rings (SSSR count). The Morgan fingerprint density at radius 2 is 2.11 bits per heavy atom. The number of hydrogen-bond acceptors (Lipinski definition) is 3. The molecule has 0 bridgehead atoms. The van der Waals surface area contributed by atoms with Crippen LogP contribution in [0.2, 0.25) is 0 Å². The van der Waals surface area contributed by atoms with Gasteiger partial charge in [-0.05, 0) is 38.4 Å². The standard InChI is InChI=1S/C14H20N2O2/c1-3-11(7-8-15)14(18)16-13-6-4-5-12(9-13)10(2)17/h4-6,9,11H,3,7-8,15H2,1-2H3,(H,16,18). The van der Waals surface area contributed by atoms with Gasteiger partial charge in [0.1, 0.15) is 0 Å². The van der Waals surface area contributed by atoms with Gasteiger partial charge in [0.05, 0.1) is 0 Å². The molecule has 1 unspecified atom stereocenters. The van der Waals surface area contributed by atoms with Crippen LogP contribution in [0.1, 0.15) is 37.0 Å². The Morgan fingerprint density at radius 3 is 2.67 bits per heavy atom. The Balaban J connectivity index is 2.74. The topological polar surface area (TPSA) is 72.2 Å². The van der Waals surface area contributed by atoms with Crippen molar-refractivity contribution in [1.82, 2.24) is 0 Å². The second kappa shape index (κ2) is 6.91. The monoisotopic (exact) mass is 248 g/mol. The van der Waals surface area contributed by atoms with Gasteiger partial charge in [-0.15, -0.1) is 0 Å². The van der Waals surface area contributed by atoms with Crippen LogP contribution in [-0.4, -0.2) is 18.2 Å². The molecule has 0 aliphatic heterocycles. The number of nitrogens with two attached hydrogens (primary N) is 1. The normalized spacial score (nSPS) is 11.9. The molecule has 1 atom stereocenters. The molecule has 0 aliphatic carbocycles. The number of nitrogens with one attached hydrogen (secondary N) is 1. The molecule has 0 saturated carbocycles. The quantitative estimate of drug-likeness (QED) is 0.758. The summed E-state index contributed by atoms with van der Waals surface area (Å²) in [5, 5.41) is 2.83. The van der Waals surface area contributed by atoms with Crippen molar-refractivity contribution in [3.05, 3.63) is 29.8 Å². The van der Waals surface area contributed by atoms with Crippen molar-refractivity contribution in [2.75, 3.05) is 11.9 Å². The summed E-state index contributed by atoms with van der Waals surface area (Å²) in [4.78, 5) is 23.2. The molecule has 0 radical (unpaired) electrons. The molecule has 0 aromatic heterocycles. The van der Waals surface area contributed by atoms with E-state index in [0.717, 1.165) is 6.42 Å². The summed E-state index contributed by atoms with van der Waals surface area (Å²) in [5.41, 5.74) is 6.73. The summed E-state index contributed by atoms with van der Waals surface area (Å²) < 4.78 is 0. The highest BCUT2D eigenvalue weighted by Gasteiger charge is 2.15. The molecule has 0 aliphatic rings. The first-order valence-electron chi connectivity index (χ1n) is 6.20. The second-order valence-corrected chi connectivity index (χ2v) is 4.31. The summed E-state index contributed by atoms with van der Waals surface area (Å²) >= 11 is 0. The lowest BCUT2D eigenvalue weighted by Crippen LogP contribution is -2.24. The van der Waals surface area contributed by atoms with Crippen molar-refractivity contribution >= 4 is 17.4 Å². The molecule has 98 valence electrons. The highest BCUT2D eigenvalue weighted by molar-refractivity contribution is 5.97. The van der Waals surface area contributed by atoms with Crippen LogP contribution in [0.15, 0.2) is 24.3 Å². The van der Waals surface area contributed by atoms with Gasteiger partial charge >= 0.3 is 0 Å². The average Bonchev–Trinajstić information content (AvgIpc) is 2.36. The van der Waals surface area contributed by atoms with Gasteiger partial charge in [0.25, 0.3) is 0 Å². The third-order valence-corrected chi connectivity index (χ3v) is 2.92. The fourth-order valence-electron chi connectivity index (χ4n) is 1.78. The van der Waals surface area contributed by atoms with Gasteiger partial charge in [0.15, 0.2) is 5.78 Å². The van der Waals surface area contributed by atoms with Crippen LogP contribution >= 0.6 is 0 Å². The number of amides is 1. The first-order chi connectivity index (χ1) is 8.58. The van der Waals surface area contributed by atoms with Gasteiger partial charge in [-0.1, -0.05) is 19.1 Å². The minimum atomic E-state index is -0.0732. The summed E-state index contributed by atoms with van der Waals surface area (Å²) in [7, 11) is 0. The molecule has 18 heavy (non-hydrogen) atoms. The summed E-state index contributed by atoms with van der Waals surface area (Å²) in [5.74, 6) is -0.125. The van der Waals surface area contributed by atoms with Crippen LogP contribution in [0.25, 0.3) is 0 Å². The Bertz CT molecular complexity index is 430. The predicted octanol–water partition coefficient (Wildman–Crippen LogP) is 2.20. The summed E-state index contributed by atoms with van der Waals surface area (Å²) in [6.45, 7) is 3.97. The number of carbonyl (C=O) groups is 2. The first-order valence-corrected chi connectivity index (χ1v) is 6.20. The van der Waals surface area contributed by atoms with E-state index in [9.17, 15) is 9.59 Å². The van der Waals surface area contributed by atoms with Crippen molar-refractivity contribution in [3.63, 3.8) is 0 Å². The van der Waals surface area contributed by atoms with Crippen LogP contribution in [0, 0.1) is 5.92 Å². The second-order valence-electron chi connectivity index (χ2n) is 4.31. The molecule has 1 aromatic rings. The first kappa shape index (κ1) is 14.4. The Hall–Kier alpha value is -1.68. The Labute approximate surface area is 108 Å². The molecule has 3 N–H and O–H groups in total. The molecule has 1 aromatic carbocycles. The van der Waals surface area contributed by atoms with Crippen LogP contribution < -0.4 is 11.1 Å². The molecule has 0 spiro atoms. The van der Waals surface area contributed by atoms with Crippen molar-refractivity contribution in [3.8, 4) is 0 Å². The fraction of sp³-hybridized carbons (Fsp3) is 0.429. The van der Waals surface area contributed by atoms with E-state index in [4.69, 9.17) is 5.73 Å². The number of rotatable bonds is 6. The number of carbonyl (C=O) groups excluding carboxylic acids is 2. The van der Waals surface area contributed by atoms with Gasteiger partial charge in [-0.3, -0.25) is 9.59 Å². The van der Waals surface area contributed by atoms with Gasteiger partial charge in [-0.2, -0.15) is 0 Å². The van der Waals surface area contributed by atoms with Gasteiger partial charge < -0.3 is 11.1 Å². The molecule has 0 heterocycles. The Morgan fingerprint density at radius 1 is 1.39 bits per heavy atom. The van der Waals surface area contributed by atoms with Crippen LogP contribution in [0.5, 0.6) is 0 Å². The lowest BCUT2D eigenvalue weighted by atomic mass is 10.0. The maximum absolute atomic E-state index is 12.0. The van der Waals surface area contributed by atoms with E-state index in [-0.39, 0.29) is 17.6 Å². The maximum Gasteiger partial charge on any atom is 0.227 e. The van der Waals surface area contributed by atoms with Gasteiger partial charge in [0.2, 0.25) is 5.91 Å². The zero-order valence-corrected chi connectivity index (χ0v) is 10.9. The van der Waals surface area contributed by atoms with Crippen LogP contribution in [0.3, 0.4) is 0 Å². The van der Waals surface area contributed by atoms with Crippen LogP contribution in [0.4, 0.5) is 5.69 Å². The van der Waals surface area contributed by atoms with Crippen LogP contribution in [-0.2, 0) is 4.79 Å². The highest BCUT2D eigenvalue weighted by atomic mass is 16.2. The molecule has 0 saturated heterocycles. The summed E-state index contributed by atoms with van der Waals surface area (Å²) in [6, 6.07) is 6.96. The Kier molecular flexibility index (Phi) is 5.52. The van der Waals surface area contributed by atoms with E-state index in [2.05, 4.69) is 5.32 Å². The zero-order valence-electron chi connectivity index (χ0n) is 10.9. The minimum Gasteiger partial charge on any atom is -0.330 e. The SMILES string of the molecule is CCC(CCN)C(=O)Nc1cccc(C(C)=O)c1. The number of ketones is 1. The number of Topliss-reactive ketones (excluding diaryl/α,β-unsaturated/α-hetero) is 1. The molecule has 0 fully saturated rings. The van der Waals surface area contributed by atoms with Gasteiger partial charge in [0, 0.05) is 17.2 Å². The molecule has 4 nitrogen and oxygen atoms in total. The largest absolute Gasteiger partial charge is 0.330 e. The lowest BCUT2D eigenvalue weighted by Gasteiger charge is -2.14. The molecule has 4 heteroatoms. The highest BCUT2D eigenvalue weighted by Crippen LogP contribution is 2.15. The maximum atomic E-state index is 12.0. The smallest absolute Gasteiger partial charge is 0.227 e. The molecular formula is C14H20N2O2. The average molecular weight is 248 g/mol. The lowest BCUT2D eigenvalue weighted by molar-refractivity contribution is -0.120. The number of anilines is 1. The van der Waals surface area contributed by atoms with Crippen molar-refractivity contribution in [1.29, 1.82) is 0 Å². The van der Waals surface area contributed by atoms with E-state index in [1.807, 2.05) is 6.92 Å². The molecule has 1 amide bonds. The van der Waals surface area contributed by atoms with E-state index in [0.29, 0.717) is 24.2 Å². The third kappa shape index (κ3) is 3.96. The van der Waals surface area contributed by atoms with Gasteiger partial charge in [-0.25, -0.2) is 0 Å². The fourth-order valence-corrected chi connectivity index (χ4v) is 1.78. The van der Waals surface area contributed by atoms with E-state index < -0.39 is 0 Å². The third-order valence-electron chi connectivity index (χ3n) is 2.92. The van der Waals surface area contributed by atoms with Crippen molar-refractivity contribution < 1.29 is 9.59 Å². The zero-order chi connectivity index (χ0) is 13.5. The minimum absolute atomic E-state index is 0.0138. The molecular weight excluding hydrogens is 228 g/mol.